The summed E-state index contributed by atoms with van der Waals surface area (Å²) in [5.41, 5.74) is 0.221. The molecule has 6 atom stereocenters. The Bertz CT molecular complexity index is 1510. The summed E-state index contributed by atoms with van der Waals surface area (Å²) in [5, 5.41) is 13.8. The maximum atomic E-state index is 16.5. The average Bonchev–Trinajstić information content (AvgIpc) is 3.27. The maximum absolute atomic E-state index is 16.5. The van der Waals surface area contributed by atoms with Crippen LogP contribution in [0, 0.1) is 28.5 Å². The molecule has 3 heterocycles. The molecule has 9 nitrogen and oxygen atoms in total. The summed E-state index contributed by atoms with van der Waals surface area (Å²) in [6, 6.07) is 5.85. The molecule has 2 saturated heterocycles. The molecular formula is C34H46FN6O3+. The van der Waals surface area contributed by atoms with E-state index in [0.29, 0.717) is 42.4 Å². The number of nitrogens with one attached hydrogen (secondary N) is 3. The van der Waals surface area contributed by atoms with Gasteiger partial charge >= 0.3 is 5.91 Å². The van der Waals surface area contributed by atoms with E-state index in [-0.39, 0.29) is 45.0 Å². The number of carbonyl (C=O) groups is 3. The largest absolute Gasteiger partial charge is 0.354 e. The van der Waals surface area contributed by atoms with Crippen molar-refractivity contribution in [2.24, 2.45) is 29.7 Å². The number of quaternary nitrogens is 1. The Balaban J connectivity index is 1.21. The molecule has 3 saturated carbocycles. The Morgan fingerprint density at radius 3 is 2.48 bits per heavy atom. The van der Waals surface area contributed by atoms with Crippen LogP contribution >= 0.6 is 0 Å². The van der Waals surface area contributed by atoms with Crippen molar-refractivity contribution in [3.8, 4) is 0 Å². The molecule has 0 bridgehead atoms. The van der Waals surface area contributed by atoms with Crippen LogP contribution in [0.25, 0.3) is 0 Å². The molecule has 2 aliphatic heterocycles. The van der Waals surface area contributed by atoms with Gasteiger partial charge in [0, 0.05) is 43.6 Å². The zero-order chi connectivity index (χ0) is 31.1. The fourth-order valence-electron chi connectivity index (χ4n) is 9.19. The Labute approximate surface area is 258 Å². The number of aryl methyl sites for hydroxylation is 1. The minimum atomic E-state index is -0.993. The van der Waals surface area contributed by atoms with Crippen LogP contribution in [0.3, 0.4) is 0 Å². The molecule has 3 N–H and O–H groups in total. The molecule has 1 aromatic heterocycles. The Morgan fingerprint density at radius 2 is 1.91 bits per heavy atom. The van der Waals surface area contributed by atoms with Gasteiger partial charge in [-0.15, -0.1) is 0 Å². The molecule has 0 spiro atoms. The number of fused-ring (bicyclic) bond motifs is 1. The SMILES string of the molecule is Cn1nccc1C(=O)N[C@@H]1C(=O)[N+](C)(c2ccc(C3(C(=O)NCC4(C)CCC4)CCCN3)cc2F)C2CC2(C)C1C1CCC1. The maximum Gasteiger partial charge on any atom is 0.341 e. The smallest absolute Gasteiger partial charge is 0.341 e. The molecule has 10 heteroatoms. The van der Waals surface area contributed by atoms with E-state index < -0.39 is 17.4 Å². The van der Waals surface area contributed by atoms with Gasteiger partial charge in [-0.2, -0.15) is 5.10 Å². The monoisotopic (exact) mass is 605 g/mol. The Morgan fingerprint density at radius 1 is 1.14 bits per heavy atom. The molecule has 5 fully saturated rings. The number of aromatic nitrogens is 2. The van der Waals surface area contributed by atoms with Crippen molar-refractivity contribution < 1.29 is 18.8 Å². The van der Waals surface area contributed by atoms with Crippen molar-refractivity contribution in [1.82, 2.24) is 30.2 Å². The van der Waals surface area contributed by atoms with Crippen molar-refractivity contribution in [2.75, 3.05) is 20.1 Å². The lowest BCUT2D eigenvalue weighted by Gasteiger charge is -2.49. The van der Waals surface area contributed by atoms with Gasteiger partial charge in [0.05, 0.1) is 7.05 Å². The number of benzene rings is 1. The van der Waals surface area contributed by atoms with Gasteiger partial charge in [0.15, 0.2) is 11.5 Å². The molecule has 5 aliphatic rings. The van der Waals surface area contributed by atoms with Crippen LogP contribution in [0.2, 0.25) is 0 Å². The average molecular weight is 606 g/mol. The normalized spacial score (nSPS) is 35.8. The number of hydrogen-bond acceptors (Lipinski definition) is 5. The van der Waals surface area contributed by atoms with Gasteiger partial charge in [-0.1, -0.05) is 45.6 Å². The van der Waals surface area contributed by atoms with Crippen molar-refractivity contribution >= 4 is 23.4 Å². The van der Waals surface area contributed by atoms with Crippen LogP contribution in [0.5, 0.6) is 0 Å². The second kappa shape index (κ2) is 10.2. The second-order valence-electron chi connectivity index (χ2n) is 15.1. The number of rotatable bonds is 8. The summed E-state index contributed by atoms with van der Waals surface area (Å²) in [6.45, 7) is 5.71. The number of likely N-dealkylation sites (N-methyl/N-ethyl adjacent to an activating group) is 1. The van der Waals surface area contributed by atoms with E-state index in [1.54, 1.807) is 25.4 Å². The van der Waals surface area contributed by atoms with Gasteiger partial charge < -0.3 is 10.6 Å². The number of piperidine rings is 1. The lowest BCUT2D eigenvalue weighted by atomic mass is 9.64. The molecular weight excluding hydrogens is 559 g/mol. The molecule has 5 unspecified atom stereocenters. The highest BCUT2D eigenvalue weighted by atomic mass is 19.1. The van der Waals surface area contributed by atoms with Crippen LogP contribution in [0.1, 0.15) is 87.7 Å². The molecule has 2 aromatic rings. The first-order valence-corrected chi connectivity index (χ1v) is 16.5. The summed E-state index contributed by atoms with van der Waals surface area (Å²) in [7, 11) is 3.52. The first-order valence-electron chi connectivity index (χ1n) is 16.5. The number of likely N-dealkylation sites (tertiary alicyclic amines) is 1. The van der Waals surface area contributed by atoms with Gasteiger partial charge in [-0.25, -0.2) is 13.7 Å². The summed E-state index contributed by atoms with van der Waals surface area (Å²) < 4.78 is 17.8. The third-order valence-corrected chi connectivity index (χ3v) is 12.4. The second-order valence-corrected chi connectivity index (χ2v) is 15.1. The Kier molecular flexibility index (Phi) is 6.86. The topological polar surface area (TPSA) is 105 Å². The van der Waals surface area contributed by atoms with Crippen molar-refractivity contribution in [2.45, 2.75) is 89.3 Å². The van der Waals surface area contributed by atoms with E-state index in [9.17, 15) is 14.4 Å². The van der Waals surface area contributed by atoms with Gasteiger partial charge in [0.2, 0.25) is 5.91 Å². The van der Waals surface area contributed by atoms with Gasteiger partial charge in [0.1, 0.15) is 23.3 Å². The highest BCUT2D eigenvalue weighted by molar-refractivity contribution is 6.01. The van der Waals surface area contributed by atoms with Crippen LogP contribution < -0.4 is 20.4 Å². The minimum absolute atomic E-state index is 0.00615. The summed E-state index contributed by atoms with van der Waals surface area (Å²) in [5.74, 6) is -0.746. The number of hydrogen-bond donors (Lipinski definition) is 3. The van der Waals surface area contributed by atoms with Crippen LogP contribution in [0.15, 0.2) is 30.5 Å². The van der Waals surface area contributed by atoms with Gasteiger partial charge in [0.25, 0.3) is 5.91 Å². The third-order valence-electron chi connectivity index (χ3n) is 12.4. The highest BCUT2D eigenvalue weighted by Gasteiger charge is 2.76. The minimum Gasteiger partial charge on any atom is -0.354 e. The first-order chi connectivity index (χ1) is 20.9. The standard InChI is InChI=1S/C34H45FN6O3/c1-32(13-6-14-32)20-36-31(44)34(15-7-16-37-34)22-10-11-25(23(35)18-22)41(4)26-19-33(26,2)27(21-8-5-9-21)28(30(41)43)39-29(42)24-12-17-38-40(24)3/h10-12,17-18,21,26-28,37H,5-9,13-16,19-20H2,1-4H3,(H-,36,39,42,44)/p+1/t26?,27?,28-,33?,34?,41?/m0/s1. The first kappa shape index (κ1) is 29.6. The summed E-state index contributed by atoms with van der Waals surface area (Å²) in [4.78, 5) is 41.7. The highest BCUT2D eigenvalue weighted by Crippen LogP contribution is 2.66. The summed E-state index contributed by atoms with van der Waals surface area (Å²) in [6.07, 6.45) is 10.4. The zero-order valence-electron chi connectivity index (χ0n) is 26.4. The van der Waals surface area contributed by atoms with Crippen LogP contribution in [-0.2, 0) is 22.2 Å². The van der Waals surface area contributed by atoms with Crippen molar-refractivity contribution in [1.29, 1.82) is 0 Å². The van der Waals surface area contributed by atoms with E-state index >= 15 is 4.39 Å². The number of carbonyl (C=O) groups excluding carboxylic acids is 3. The van der Waals surface area contributed by atoms with E-state index in [2.05, 4.69) is 34.9 Å². The van der Waals surface area contributed by atoms with E-state index in [0.717, 1.165) is 44.9 Å². The molecule has 44 heavy (non-hydrogen) atoms. The molecule has 7 rings (SSSR count). The number of nitrogens with zero attached hydrogens (tertiary/aromatic N) is 3. The lowest BCUT2D eigenvalue weighted by molar-refractivity contribution is -0.140. The molecule has 0 radical (unpaired) electrons. The van der Waals surface area contributed by atoms with Gasteiger partial charge in [-0.05, 0) is 61.3 Å². The Hall–Kier alpha value is -3.11. The van der Waals surface area contributed by atoms with E-state index in [4.69, 9.17) is 0 Å². The van der Waals surface area contributed by atoms with E-state index in [1.165, 1.54) is 17.2 Å². The fourth-order valence-corrected chi connectivity index (χ4v) is 9.19. The summed E-state index contributed by atoms with van der Waals surface area (Å²) >= 11 is 0. The zero-order valence-corrected chi connectivity index (χ0v) is 26.4. The van der Waals surface area contributed by atoms with E-state index in [1.807, 2.05) is 13.1 Å². The lowest BCUT2D eigenvalue weighted by Crippen LogP contribution is -2.70. The molecule has 236 valence electrons. The number of halogens is 1. The predicted molar refractivity (Wildman–Crippen MR) is 165 cm³/mol. The quantitative estimate of drug-likeness (QED) is 0.396. The van der Waals surface area contributed by atoms with Gasteiger partial charge in [-0.3, -0.25) is 19.6 Å². The third kappa shape index (κ3) is 4.30. The molecule has 3 amide bonds. The predicted octanol–water partition coefficient (Wildman–Crippen LogP) is 3.92. The molecule has 1 aromatic carbocycles. The van der Waals surface area contributed by atoms with Crippen molar-refractivity contribution in [3.63, 3.8) is 0 Å². The molecule has 3 aliphatic carbocycles. The van der Waals surface area contributed by atoms with Crippen LogP contribution in [0.4, 0.5) is 10.1 Å². The fraction of sp³-hybridized carbons (Fsp3) is 0.647. The van der Waals surface area contributed by atoms with Crippen LogP contribution in [-0.4, -0.2) is 59.7 Å². The number of amides is 3. The van der Waals surface area contributed by atoms with Crippen molar-refractivity contribution in [3.05, 3.63) is 47.5 Å².